The molecule has 0 amide bonds. The summed E-state index contributed by atoms with van der Waals surface area (Å²) < 4.78 is 0. The molecule has 6 N–H and O–H groups in total. The van der Waals surface area contributed by atoms with E-state index in [1.54, 1.807) is 6.07 Å². The van der Waals surface area contributed by atoms with Crippen molar-refractivity contribution in [1.82, 2.24) is 0 Å². The number of benzene rings is 1. The van der Waals surface area contributed by atoms with Crippen molar-refractivity contribution in [1.29, 1.82) is 0 Å². The van der Waals surface area contributed by atoms with Crippen LogP contribution in [0.5, 0.6) is 5.75 Å². The van der Waals surface area contributed by atoms with Crippen molar-refractivity contribution in [3.8, 4) is 5.75 Å². The Bertz CT molecular complexity index is 747. The lowest BCUT2D eigenvalue weighted by molar-refractivity contribution is 0.466. The number of hydrogen-bond acceptors (Lipinski definition) is 6. The van der Waals surface area contributed by atoms with Gasteiger partial charge in [-0.2, -0.15) is 5.10 Å². The monoisotopic (exact) mass is 280 g/mol. The second-order valence-corrected chi connectivity index (χ2v) is 4.12. The fourth-order valence-corrected chi connectivity index (χ4v) is 1.72. The number of nitrogens with one attached hydrogen (secondary N) is 1. The number of aromatic hydroxyl groups is 1. The Morgan fingerprint density at radius 3 is 2.58 bits per heavy atom. The summed E-state index contributed by atoms with van der Waals surface area (Å²) in [6, 6.07) is 4.55. The fourth-order valence-electron chi connectivity index (χ4n) is 1.51. The van der Waals surface area contributed by atoms with Gasteiger partial charge in [-0.25, -0.2) is 0 Å². The van der Waals surface area contributed by atoms with Crippen LogP contribution in [-0.2, 0) is 0 Å². The summed E-state index contributed by atoms with van der Waals surface area (Å²) in [5, 5.41) is 15.5. The van der Waals surface area contributed by atoms with Gasteiger partial charge in [0.2, 0.25) is 0 Å². The standard InChI is InChI=1S/C11H9ClN4O3/c12-6-2-1-4(3-5(6)11(13)16-14)15-7-8(17)10(19)9(7)18/h1-3,15,17H,14H2,(H2,13,16). The summed E-state index contributed by atoms with van der Waals surface area (Å²) in [7, 11) is 0. The van der Waals surface area contributed by atoms with Crippen molar-refractivity contribution in [2.75, 3.05) is 5.32 Å². The van der Waals surface area contributed by atoms with E-state index in [-0.39, 0.29) is 11.5 Å². The highest BCUT2D eigenvalue weighted by atomic mass is 35.5. The third-order valence-corrected chi connectivity index (χ3v) is 2.87. The van der Waals surface area contributed by atoms with Crippen molar-refractivity contribution in [2.24, 2.45) is 16.7 Å². The van der Waals surface area contributed by atoms with Crippen LogP contribution in [0.25, 0.3) is 0 Å². The maximum atomic E-state index is 11.2. The Kier molecular flexibility index (Phi) is 3.14. The van der Waals surface area contributed by atoms with Crippen molar-refractivity contribution in [3.05, 3.63) is 49.2 Å². The largest absolute Gasteiger partial charge is 0.502 e. The maximum absolute atomic E-state index is 11.2. The first-order valence-corrected chi connectivity index (χ1v) is 5.46. The highest BCUT2D eigenvalue weighted by molar-refractivity contribution is 6.34. The molecule has 0 aromatic heterocycles. The van der Waals surface area contributed by atoms with Crippen molar-refractivity contribution in [2.45, 2.75) is 0 Å². The van der Waals surface area contributed by atoms with Crippen LogP contribution in [0.2, 0.25) is 5.02 Å². The van der Waals surface area contributed by atoms with Crippen LogP contribution in [-0.4, -0.2) is 10.9 Å². The number of anilines is 2. The molecule has 2 aromatic rings. The topological polar surface area (TPSA) is 131 Å². The second kappa shape index (κ2) is 4.62. The highest BCUT2D eigenvalue weighted by Gasteiger charge is 2.20. The Balaban J connectivity index is 2.38. The Hall–Kier alpha value is -2.54. The minimum Gasteiger partial charge on any atom is -0.502 e. The second-order valence-electron chi connectivity index (χ2n) is 3.72. The van der Waals surface area contributed by atoms with Gasteiger partial charge < -0.3 is 22.0 Å². The van der Waals surface area contributed by atoms with Crippen LogP contribution in [0.15, 0.2) is 32.9 Å². The van der Waals surface area contributed by atoms with E-state index in [1.807, 2.05) is 0 Å². The molecule has 8 heteroatoms. The number of hydrogen-bond donors (Lipinski definition) is 4. The van der Waals surface area contributed by atoms with Crippen molar-refractivity contribution in [3.63, 3.8) is 0 Å². The van der Waals surface area contributed by atoms with Crippen LogP contribution in [0, 0.1) is 0 Å². The van der Waals surface area contributed by atoms with Crippen LogP contribution in [0.4, 0.5) is 11.4 Å². The summed E-state index contributed by atoms with van der Waals surface area (Å²) in [5.41, 5.74) is 4.46. The summed E-state index contributed by atoms with van der Waals surface area (Å²) in [5.74, 6) is 4.48. The van der Waals surface area contributed by atoms with Gasteiger partial charge >= 0.3 is 0 Å². The molecule has 0 aliphatic carbocycles. The lowest BCUT2D eigenvalue weighted by atomic mass is 10.1. The molecule has 98 valence electrons. The maximum Gasteiger partial charge on any atom is 0.271 e. The molecule has 2 aromatic carbocycles. The molecule has 0 heterocycles. The number of halogens is 1. The number of hydrazone groups is 1. The molecule has 0 aliphatic rings. The molecule has 0 radical (unpaired) electrons. The van der Waals surface area contributed by atoms with Gasteiger partial charge in [0, 0.05) is 11.3 Å². The fraction of sp³-hybridized carbons (Fsp3) is 0. The molecule has 0 spiro atoms. The Labute approximate surface area is 111 Å². The van der Waals surface area contributed by atoms with E-state index < -0.39 is 16.6 Å². The predicted molar refractivity (Wildman–Crippen MR) is 72.7 cm³/mol. The van der Waals surface area contributed by atoms with E-state index in [0.717, 1.165) is 0 Å². The number of nitrogens with two attached hydrogens (primary N) is 2. The van der Waals surface area contributed by atoms with Crippen LogP contribution in [0.1, 0.15) is 5.56 Å². The zero-order chi connectivity index (χ0) is 14.2. The van der Waals surface area contributed by atoms with E-state index in [0.29, 0.717) is 16.3 Å². The molecular weight excluding hydrogens is 272 g/mol. The van der Waals surface area contributed by atoms with E-state index >= 15 is 0 Å². The van der Waals surface area contributed by atoms with Crippen LogP contribution >= 0.6 is 11.6 Å². The van der Waals surface area contributed by atoms with Crippen LogP contribution in [0.3, 0.4) is 0 Å². The molecule has 0 atom stereocenters. The Morgan fingerprint density at radius 1 is 1.32 bits per heavy atom. The average Bonchev–Trinajstić information content (AvgIpc) is 2.44. The number of nitrogens with zero attached hydrogens (tertiary/aromatic N) is 1. The summed E-state index contributed by atoms with van der Waals surface area (Å²) in [6.07, 6.45) is 0. The third-order valence-electron chi connectivity index (χ3n) is 2.54. The normalized spacial score (nSPS) is 11.7. The third kappa shape index (κ3) is 2.11. The van der Waals surface area contributed by atoms with Crippen molar-refractivity contribution < 1.29 is 5.11 Å². The van der Waals surface area contributed by atoms with Gasteiger partial charge in [-0.1, -0.05) is 11.6 Å². The molecule has 19 heavy (non-hydrogen) atoms. The predicted octanol–water partition coefficient (Wildman–Crippen LogP) is -0.0358. The van der Waals surface area contributed by atoms with E-state index in [4.69, 9.17) is 23.2 Å². The lowest BCUT2D eigenvalue weighted by Gasteiger charge is -2.11. The molecule has 2 rings (SSSR count). The minimum atomic E-state index is -0.917. The SMILES string of the molecule is N/N=C(\N)c1cc(Nc2c(O)c(=O)c2=O)ccc1Cl. The van der Waals surface area contributed by atoms with E-state index in [1.165, 1.54) is 12.1 Å². The summed E-state index contributed by atoms with van der Waals surface area (Å²) >= 11 is 5.91. The number of amidine groups is 1. The molecule has 0 aliphatic heterocycles. The van der Waals surface area contributed by atoms with E-state index in [9.17, 15) is 14.7 Å². The first-order chi connectivity index (χ1) is 8.95. The molecule has 0 unspecified atom stereocenters. The summed E-state index contributed by atoms with van der Waals surface area (Å²) in [6.45, 7) is 0. The van der Waals surface area contributed by atoms with Gasteiger partial charge in [-0.05, 0) is 18.2 Å². The molecule has 7 nitrogen and oxygen atoms in total. The molecule has 0 bridgehead atoms. The van der Waals surface area contributed by atoms with Gasteiger partial charge in [-0.3, -0.25) is 9.59 Å². The van der Waals surface area contributed by atoms with Gasteiger partial charge in [0.25, 0.3) is 10.9 Å². The molecular formula is C11H9ClN4O3. The Morgan fingerprint density at radius 2 is 2.00 bits per heavy atom. The first-order valence-electron chi connectivity index (χ1n) is 5.08. The lowest BCUT2D eigenvalue weighted by Crippen LogP contribution is -2.32. The molecule has 0 saturated heterocycles. The first kappa shape index (κ1) is 12.9. The van der Waals surface area contributed by atoms with Crippen LogP contribution < -0.4 is 27.8 Å². The van der Waals surface area contributed by atoms with Crippen molar-refractivity contribution >= 4 is 28.8 Å². The van der Waals surface area contributed by atoms with Gasteiger partial charge in [0.1, 0.15) is 5.69 Å². The average molecular weight is 281 g/mol. The van der Waals surface area contributed by atoms with Gasteiger partial charge in [0.05, 0.1) is 5.02 Å². The summed E-state index contributed by atoms with van der Waals surface area (Å²) in [4.78, 5) is 22.1. The smallest absolute Gasteiger partial charge is 0.271 e. The minimum absolute atomic E-state index is 0.0165. The van der Waals surface area contributed by atoms with E-state index in [2.05, 4.69) is 10.4 Å². The zero-order valence-electron chi connectivity index (χ0n) is 9.48. The highest BCUT2D eigenvalue weighted by Crippen LogP contribution is 2.25. The molecule has 0 saturated carbocycles. The van der Waals surface area contributed by atoms with Gasteiger partial charge in [-0.15, -0.1) is 0 Å². The quantitative estimate of drug-likeness (QED) is 0.205. The van der Waals surface area contributed by atoms with Gasteiger partial charge in [0.15, 0.2) is 11.6 Å². The zero-order valence-corrected chi connectivity index (χ0v) is 10.2. The number of rotatable bonds is 3. The molecule has 0 fully saturated rings.